The van der Waals surface area contributed by atoms with Crippen LogP contribution in [0.1, 0.15) is 18.0 Å². The predicted octanol–water partition coefficient (Wildman–Crippen LogP) is 3.54. The Labute approximate surface area is 133 Å². The van der Waals surface area contributed by atoms with Crippen molar-refractivity contribution in [2.24, 2.45) is 0 Å². The number of carboxylic acids is 1. The van der Waals surface area contributed by atoms with E-state index < -0.39 is 28.8 Å². The van der Waals surface area contributed by atoms with Gasteiger partial charge in [0.25, 0.3) is 0 Å². The van der Waals surface area contributed by atoms with Crippen LogP contribution in [0.4, 0.5) is 10.1 Å². The SMILES string of the molecule is O=C(O)CC1c2c(ccc(F)c2Cl)S(=O)N1c1ccccc1. The highest BCUT2D eigenvalue weighted by Crippen LogP contribution is 2.45. The van der Waals surface area contributed by atoms with E-state index in [1.165, 1.54) is 10.4 Å². The van der Waals surface area contributed by atoms with E-state index in [2.05, 4.69) is 0 Å². The van der Waals surface area contributed by atoms with E-state index in [1.54, 1.807) is 30.3 Å². The minimum atomic E-state index is -1.63. The molecule has 1 aliphatic heterocycles. The van der Waals surface area contributed by atoms with Crippen LogP contribution in [-0.2, 0) is 15.8 Å². The van der Waals surface area contributed by atoms with Crippen molar-refractivity contribution in [3.05, 3.63) is 58.9 Å². The summed E-state index contributed by atoms with van der Waals surface area (Å²) in [5.74, 6) is -1.72. The Bertz CT molecular complexity index is 769. The number of halogens is 2. The van der Waals surface area contributed by atoms with Gasteiger partial charge in [-0.05, 0) is 24.3 Å². The third kappa shape index (κ3) is 2.38. The lowest BCUT2D eigenvalue weighted by Crippen LogP contribution is -2.25. The van der Waals surface area contributed by atoms with Gasteiger partial charge in [-0.15, -0.1) is 0 Å². The van der Waals surface area contributed by atoms with E-state index in [4.69, 9.17) is 16.7 Å². The van der Waals surface area contributed by atoms with Crippen molar-refractivity contribution in [2.75, 3.05) is 4.31 Å². The molecule has 0 saturated heterocycles. The minimum absolute atomic E-state index is 0.171. The first-order chi connectivity index (χ1) is 10.5. The Morgan fingerprint density at radius 3 is 2.59 bits per heavy atom. The smallest absolute Gasteiger partial charge is 0.305 e. The maximum Gasteiger partial charge on any atom is 0.305 e. The maximum absolute atomic E-state index is 13.7. The fourth-order valence-electron chi connectivity index (χ4n) is 2.55. The monoisotopic (exact) mass is 339 g/mol. The second kappa shape index (κ2) is 5.70. The standard InChI is InChI=1S/C15H11ClFNO3S/c16-15-10(17)6-7-12-14(15)11(8-13(19)20)18(22(12)21)9-4-2-1-3-5-9/h1-7,11H,8H2,(H,19,20). The number of anilines is 1. The van der Waals surface area contributed by atoms with Crippen LogP contribution in [0.5, 0.6) is 0 Å². The van der Waals surface area contributed by atoms with E-state index in [9.17, 15) is 13.4 Å². The summed E-state index contributed by atoms with van der Waals surface area (Å²) in [6, 6.07) is 10.5. The lowest BCUT2D eigenvalue weighted by atomic mass is 10.0. The Morgan fingerprint density at radius 2 is 1.95 bits per heavy atom. The number of carboxylic acid groups (broad SMARTS) is 1. The average molecular weight is 340 g/mol. The van der Waals surface area contributed by atoms with E-state index >= 15 is 0 Å². The van der Waals surface area contributed by atoms with Crippen molar-refractivity contribution in [3.8, 4) is 0 Å². The molecule has 0 aromatic heterocycles. The van der Waals surface area contributed by atoms with Crippen LogP contribution in [0.25, 0.3) is 0 Å². The van der Waals surface area contributed by atoms with Gasteiger partial charge in [0.05, 0.1) is 28.1 Å². The number of carbonyl (C=O) groups is 1. The van der Waals surface area contributed by atoms with Gasteiger partial charge in [-0.3, -0.25) is 9.10 Å². The number of hydrogen-bond donors (Lipinski definition) is 1. The summed E-state index contributed by atoms with van der Waals surface area (Å²) in [4.78, 5) is 11.5. The summed E-state index contributed by atoms with van der Waals surface area (Å²) in [7, 11) is -1.63. The van der Waals surface area contributed by atoms with Crippen molar-refractivity contribution in [1.29, 1.82) is 0 Å². The lowest BCUT2D eigenvalue weighted by Gasteiger charge is -2.24. The van der Waals surface area contributed by atoms with E-state index in [0.717, 1.165) is 6.07 Å². The number of para-hydroxylation sites is 1. The molecule has 0 spiro atoms. The van der Waals surface area contributed by atoms with Crippen molar-refractivity contribution >= 4 is 34.2 Å². The summed E-state index contributed by atoms with van der Waals surface area (Å²) < 4.78 is 27.9. The molecule has 4 nitrogen and oxygen atoms in total. The van der Waals surface area contributed by atoms with Crippen LogP contribution in [0.15, 0.2) is 47.4 Å². The average Bonchev–Trinajstić information content (AvgIpc) is 2.76. The van der Waals surface area contributed by atoms with Crippen LogP contribution in [0.2, 0.25) is 5.02 Å². The number of fused-ring (bicyclic) bond motifs is 1. The fourth-order valence-corrected chi connectivity index (χ4v) is 4.44. The zero-order chi connectivity index (χ0) is 15.9. The number of benzene rings is 2. The lowest BCUT2D eigenvalue weighted by molar-refractivity contribution is -0.137. The van der Waals surface area contributed by atoms with Crippen molar-refractivity contribution in [2.45, 2.75) is 17.4 Å². The molecule has 2 aromatic rings. The van der Waals surface area contributed by atoms with E-state index in [-0.39, 0.29) is 17.0 Å². The third-order valence-electron chi connectivity index (χ3n) is 3.45. The van der Waals surface area contributed by atoms with Gasteiger partial charge >= 0.3 is 5.97 Å². The molecule has 2 atom stereocenters. The van der Waals surface area contributed by atoms with Crippen molar-refractivity contribution in [1.82, 2.24) is 0 Å². The van der Waals surface area contributed by atoms with Gasteiger partial charge in [0.15, 0.2) is 11.0 Å². The number of aliphatic carboxylic acids is 1. The number of hydrogen-bond acceptors (Lipinski definition) is 2. The largest absolute Gasteiger partial charge is 0.481 e. The van der Waals surface area contributed by atoms with Gasteiger partial charge in [0.1, 0.15) is 5.82 Å². The molecule has 0 fully saturated rings. The normalized spacial score (nSPS) is 20.0. The first-order valence-corrected chi connectivity index (χ1v) is 7.95. The third-order valence-corrected chi connectivity index (χ3v) is 5.39. The van der Waals surface area contributed by atoms with Crippen molar-refractivity contribution < 1.29 is 18.5 Å². The number of rotatable bonds is 3. The molecule has 0 saturated carbocycles. The van der Waals surface area contributed by atoms with Crippen LogP contribution in [0, 0.1) is 5.82 Å². The molecule has 0 amide bonds. The van der Waals surface area contributed by atoms with Crippen LogP contribution < -0.4 is 4.31 Å². The maximum atomic E-state index is 13.7. The molecule has 1 aliphatic rings. The minimum Gasteiger partial charge on any atom is -0.481 e. The van der Waals surface area contributed by atoms with E-state index in [1.807, 2.05) is 0 Å². The Morgan fingerprint density at radius 1 is 1.27 bits per heavy atom. The molecular weight excluding hydrogens is 329 g/mol. The predicted molar refractivity (Wildman–Crippen MR) is 81.7 cm³/mol. The first-order valence-electron chi connectivity index (χ1n) is 6.46. The molecule has 1 heterocycles. The molecule has 1 N–H and O–H groups in total. The Hall–Kier alpha value is -1.92. The van der Waals surface area contributed by atoms with Crippen LogP contribution in [0.3, 0.4) is 0 Å². The van der Waals surface area contributed by atoms with Gasteiger partial charge in [-0.2, -0.15) is 0 Å². The Balaban J connectivity index is 2.18. The van der Waals surface area contributed by atoms with Crippen LogP contribution >= 0.6 is 11.6 Å². The van der Waals surface area contributed by atoms with Gasteiger partial charge in [-0.1, -0.05) is 29.8 Å². The molecule has 22 heavy (non-hydrogen) atoms. The quantitative estimate of drug-likeness (QED) is 0.930. The highest BCUT2D eigenvalue weighted by Gasteiger charge is 2.40. The van der Waals surface area contributed by atoms with E-state index in [0.29, 0.717) is 10.6 Å². The zero-order valence-electron chi connectivity index (χ0n) is 11.2. The summed E-state index contributed by atoms with van der Waals surface area (Å²) in [5.41, 5.74) is 0.881. The fraction of sp³-hybridized carbons (Fsp3) is 0.133. The topological polar surface area (TPSA) is 57.6 Å². The summed E-state index contributed by atoms with van der Waals surface area (Å²) in [6.45, 7) is 0. The van der Waals surface area contributed by atoms with Gasteiger partial charge in [0.2, 0.25) is 0 Å². The number of nitrogens with zero attached hydrogens (tertiary/aromatic N) is 1. The molecule has 7 heteroatoms. The summed E-state index contributed by atoms with van der Waals surface area (Å²) in [6.07, 6.45) is -0.323. The summed E-state index contributed by atoms with van der Waals surface area (Å²) >= 11 is 6.01. The first kappa shape index (κ1) is 15.0. The van der Waals surface area contributed by atoms with Crippen molar-refractivity contribution in [3.63, 3.8) is 0 Å². The van der Waals surface area contributed by atoms with Gasteiger partial charge in [-0.25, -0.2) is 8.60 Å². The molecule has 2 aromatic carbocycles. The van der Waals surface area contributed by atoms with Crippen LogP contribution in [-0.4, -0.2) is 15.3 Å². The molecule has 0 aliphatic carbocycles. The zero-order valence-corrected chi connectivity index (χ0v) is 12.8. The molecule has 3 rings (SSSR count). The molecular formula is C15H11ClFNO3S. The molecule has 0 bridgehead atoms. The van der Waals surface area contributed by atoms with Gasteiger partial charge < -0.3 is 5.11 Å². The molecule has 0 radical (unpaired) electrons. The Kier molecular flexibility index (Phi) is 3.88. The molecule has 2 unspecified atom stereocenters. The highest BCUT2D eigenvalue weighted by molar-refractivity contribution is 7.87. The summed E-state index contributed by atoms with van der Waals surface area (Å²) in [5, 5.41) is 8.98. The second-order valence-electron chi connectivity index (χ2n) is 4.80. The van der Waals surface area contributed by atoms with Gasteiger partial charge in [0, 0.05) is 5.56 Å². The highest BCUT2D eigenvalue weighted by atomic mass is 35.5. The molecule has 114 valence electrons. The second-order valence-corrected chi connectivity index (χ2v) is 6.51.